The molecule has 2 N–H and O–H groups in total. The third kappa shape index (κ3) is 3.90. The van der Waals surface area contributed by atoms with E-state index in [-0.39, 0.29) is 35.6 Å². The predicted octanol–water partition coefficient (Wildman–Crippen LogP) is 0.472. The molecule has 11 heteroatoms. The summed E-state index contributed by atoms with van der Waals surface area (Å²) in [4.78, 5) is 39.3. The highest BCUT2D eigenvalue weighted by atomic mass is 32.1. The van der Waals surface area contributed by atoms with Crippen LogP contribution in [0.25, 0.3) is 16.2 Å². The van der Waals surface area contributed by atoms with Gasteiger partial charge in [-0.25, -0.2) is 9.97 Å². The average molecular weight is 471 g/mol. The zero-order valence-corrected chi connectivity index (χ0v) is 19.3. The summed E-state index contributed by atoms with van der Waals surface area (Å²) in [6.45, 7) is 2.06. The summed E-state index contributed by atoms with van der Waals surface area (Å²) in [6.07, 6.45) is 3.19. The molecule has 2 saturated heterocycles. The molecule has 0 aromatic carbocycles. The van der Waals surface area contributed by atoms with Crippen LogP contribution in [-0.2, 0) is 4.74 Å². The Morgan fingerprint density at radius 1 is 1.30 bits per heavy atom. The van der Waals surface area contributed by atoms with Gasteiger partial charge >= 0.3 is 0 Å². The Hall–Kier alpha value is -2.86. The second-order valence-corrected chi connectivity index (χ2v) is 9.24. The molecule has 2 fully saturated rings. The number of thiazole rings is 1. The molecular weight excluding hydrogens is 444 g/mol. The Morgan fingerprint density at radius 2 is 2.15 bits per heavy atom. The smallest absolute Gasteiger partial charge is 0.259 e. The van der Waals surface area contributed by atoms with Crippen LogP contribution in [0.5, 0.6) is 0 Å². The number of methoxy groups -OCH3 is 1. The third-order valence-electron chi connectivity index (χ3n) is 6.41. The van der Waals surface area contributed by atoms with E-state index in [0.29, 0.717) is 35.7 Å². The molecule has 10 nitrogen and oxygen atoms in total. The van der Waals surface area contributed by atoms with Gasteiger partial charge in [-0.15, -0.1) is 11.3 Å². The number of fused-ring (bicyclic) bond motifs is 1. The van der Waals surface area contributed by atoms with Gasteiger partial charge in [-0.1, -0.05) is 0 Å². The second-order valence-electron chi connectivity index (χ2n) is 8.37. The largest absolute Gasteiger partial charge is 0.391 e. The molecule has 0 saturated carbocycles. The number of hydrogen-bond donors (Lipinski definition) is 2. The Balaban J connectivity index is 1.61. The van der Waals surface area contributed by atoms with Gasteiger partial charge in [-0.2, -0.15) is 0 Å². The van der Waals surface area contributed by atoms with Crippen molar-refractivity contribution in [2.75, 3.05) is 45.2 Å². The number of amides is 1. The van der Waals surface area contributed by atoms with Gasteiger partial charge in [0, 0.05) is 51.1 Å². The summed E-state index contributed by atoms with van der Waals surface area (Å²) in [5, 5.41) is 15.9. The number of aliphatic hydroxyl groups is 1. The maximum Gasteiger partial charge on any atom is 0.259 e. The van der Waals surface area contributed by atoms with Gasteiger partial charge in [-0.3, -0.25) is 14.2 Å². The summed E-state index contributed by atoms with van der Waals surface area (Å²) in [7, 11) is 3.61. The molecule has 0 spiro atoms. The van der Waals surface area contributed by atoms with Crippen LogP contribution in [0.15, 0.2) is 34.7 Å². The molecule has 5 heterocycles. The number of aromatic nitrogens is 3. The fourth-order valence-corrected chi connectivity index (χ4v) is 5.19. The van der Waals surface area contributed by atoms with Crippen molar-refractivity contribution in [3.8, 4) is 5.13 Å². The molecule has 1 unspecified atom stereocenters. The summed E-state index contributed by atoms with van der Waals surface area (Å²) >= 11 is 1.40. The molecule has 3 aromatic rings. The van der Waals surface area contributed by atoms with E-state index in [2.05, 4.69) is 15.2 Å². The van der Waals surface area contributed by atoms with Crippen molar-refractivity contribution in [1.29, 1.82) is 0 Å². The van der Waals surface area contributed by atoms with Crippen LogP contribution in [0.2, 0.25) is 0 Å². The standard InChI is InChI=1S/C22H26N6O4S/c1-23-16-11-27(12-17(16)32-2)18-4-3-14-19(30)15(21(31)26-7-5-13(29)9-26)10-28(20(14)25-18)22-24-6-8-33-22/h3-4,6,8,10,13,16-17,23,29H,5,7,9,11-12H2,1-2H3/t13?,16-,17-/m1/s1. The maximum atomic E-state index is 13.3. The highest BCUT2D eigenvalue weighted by molar-refractivity contribution is 7.12. The van der Waals surface area contributed by atoms with E-state index in [1.807, 2.05) is 18.5 Å². The number of likely N-dealkylation sites (tertiary alicyclic amines) is 1. The highest BCUT2D eigenvalue weighted by Gasteiger charge is 2.33. The molecule has 1 amide bonds. The molecule has 0 radical (unpaired) electrons. The van der Waals surface area contributed by atoms with Gasteiger partial charge in [-0.05, 0) is 25.6 Å². The molecule has 0 bridgehead atoms. The van der Waals surface area contributed by atoms with Gasteiger partial charge in [0.15, 0.2) is 10.8 Å². The van der Waals surface area contributed by atoms with Crippen molar-refractivity contribution in [2.24, 2.45) is 0 Å². The number of nitrogens with one attached hydrogen (secondary N) is 1. The van der Waals surface area contributed by atoms with Crippen LogP contribution in [0.1, 0.15) is 16.8 Å². The number of carbonyl (C=O) groups is 1. The molecular formula is C22H26N6O4S. The fourth-order valence-electron chi connectivity index (χ4n) is 4.58. The number of anilines is 1. The number of likely N-dealkylation sites (N-methyl/N-ethyl adjacent to an activating group) is 1. The van der Waals surface area contributed by atoms with Crippen LogP contribution in [0.3, 0.4) is 0 Å². The molecule has 0 aliphatic carbocycles. The topological polar surface area (TPSA) is 113 Å². The van der Waals surface area contributed by atoms with Gasteiger partial charge in [0.2, 0.25) is 5.43 Å². The maximum absolute atomic E-state index is 13.3. The molecule has 2 aliphatic rings. The number of aliphatic hydroxyl groups excluding tert-OH is 1. The Labute approximate surface area is 194 Å². The molecule has 33 heavy (non-hydrogen) atoms. The van der Waals surface area contributed by atoms with Crippen molar-refractivity contribution < 1.29 is 14.6 Å². The predicted molar refractivity (Wildman–Crippen MR) is 125 cm³/mol. The monoisotopic (exact) mass is 470 g/mol. The Kier molecular flexibility index (Phi) is 5.87. The number of β-amino-alcohol motifs (C(OH)–C–C–N with tert-alkyl or cyclic N) is 1. The minimum absolute atomic E-state index is 0.0319. The lowest BCUT2D eigenvalue weighted by atomic mass is 10.1. The lowest BCUT2D eigenvalue weighted by molar-refractivity contribution is 0.0763. The number of nitrogens with zero attached hydrogens (tertiary/aromatic N) is 5. The van der Waals surface area contributed by atoms with E-state index < -0.39 is 6.10 Å². The van der Waals surface area contributed by atoms with Crippen LogP contribution < -0.4 is 15.6 Å². The minimum atomic E-state index is -0.558. The highest BCUT2D eigenvalue weighted by Crippen LogP contribution is 2.25. The lowest BCUT2D eigenvalue weighted by Gasteiger charge is -2.19. The quantitative estimate of drug-likeness (QED) is 0.554. The van der Waals surface area contributed by atoms with Crippen molar-refractivity contribution >= 4 is 34.1 Å². The van der Waals surface area contributed by atoms with Crippen LogP contribution in [0.4, 0.5) is 5.82 Å². The van der Waals surface area contributed by atoms with Crippen molar-refractivity contribution in [1.82, 2.24) is 24.8 Å². The summed E-state index contributed by atoms with van der Waals surface area (Å²) in [6, 6.07) is 3.72. The van der Waals surface area contributed by atoms with E-state index in [0.717, 1.165) is 12.4 Å². The number of carbonyl (C=O) groups excluding carboxylic acids is 1. The third-order valence-corrected chi connectivity index (χ3v) is 7.18. The van der Waals surface area contributed by atoms with Crippen LogP contribution >= 0.6 is 11.3 Å². The number of hydrogen-bond acceptors (Lipinski definition) is 9. The summed E-state index contributed by atoms with van der Waals surface area (Å²) in [5.41, 5.74) is 0.136. The minimum Gasteiger partial charge on any atom is -0.391 e. The second kappa shape index (κ2) is 8.82. The molecule has 3 aromatic heterocycles. The summed E-state index contributed by atoms with van der Waals surface area (Å²) < 4.78 is 7.31. The zero-order valence-electron chi connectivity index (χ0n) is 18.5. The van der Waals surface area contributed by atoms with Crippen molar-refractivity contribution in [3.63, 3.8) is 0 Å². The SMILES string of the molecule is CN[C@@H]1CN(c2ccc3c(=O)c(C(=O)N4CCC(O)C4)cn(-c4nccs4)c3n2)C[C@H]1OC. The van der Waals surface area contributed by atoms with Gasteiger partial charge in [0.1, 0.15) is 11.4 Å². The van der Waals surface area contributed by atoms with Gasteiger partial charge in [0.05, 0.1) is 23.6 Å². The first-order chi connectivity index (χ1) is 16.0. The Morgan fingerprint density at radius 3 is 2.79 bits per heavy atom. The zero-order chi connectivity index (χ0) is 23.1. The van der Waals surface area contributed by atoms with Gasteiger partial charge < -0.3 is 25.0 Å². The molecule has 174 valence electrons. The van der Waals surface area contributed by atoms with Crippen molar-refractivity contribution in [3.05, 3.63) is 45.7 Å². The van der Waals surface area contributed by atoms with E-state index in [1.54, 1.807) is 23.9 Å². The number of rotatable bonds is 5. The molecule has 3 atom stereocenters. The molecule has 5 rings (SSSR count). The van der Waals surface area contributed by atoms with E-state index in [9.17, 15) is 14.7 Å². The van der Waals surface area contributed by atoms with E-state index in [1.165, 1.54) is 22.4 Å². The number of pyridine rings is 2. The van der Waals surface area contributed by atoms with Crippen molar-refractivity contribution in [2.45, 2.75) is 24.7 Å². The fraction of sp³-hybridized carbons (Fsp3) is 0.455. The van der Waals surface area contributed by atoms with Crippen LogP contribution in [0, 0.1) is 0 Å². The average Bonchev–Trinajstić information content (AvgIpc) is 3.59. The lowest BCUT2D eigenvalue weighted by Crippen LogP contribution is -2.37. The first-order valence-corrected chi connectivity index (χ1v) is 11.8. The molecule has 2 aliphatic heterocycles. The van der Waals surface area contributed by atoms with E-state index >= 15 is 0 Å². The number of ether oxygens (including phenoxy) is 1. The first-order valence-electron chi connectivity index (χ1n) is 10.9. The van der Waals surface area contributed by atoms with E-state index in [4.69, 9.17) is 9.72 Å². The first kappa shape index (κ1) is 22.0. The summed E-state index contributed by atoms with van der Waals surface area (Å²) in [5.74, 6) is 0.348. The van der Waals surface area contributed by atoms with Crippen LogP contribution in [-0.4, -0.2) is 89.0 Å². The Bertz CT molecular complexity index is 1220. The van der Waals surface area contributed by atoms with Gasteiger partial charge in [0.25, 0.3) is 5.91 Å². The normalized spacial score (nSPS) is 23.1.